The zero-order valence-electron chi connectivity index (χ0n) is 12.7. The summed E-state index contributed by atoms with van der Waals surface area (Å²) < 4.78 is 5.95. The van der Waals surface area contributed by atoms with Crippen LogP contribution in [0.1, 0.15) is 12.5 Å². The van der Waals surface area contributed by atoms with Gasteiger partial charge in [0, 0.05) is 31.9 Å². The predicted octanol–water partition coefficient (Wildman–Crippen LogP) is 1.93. The molecule has 114 valence electrons. The van der Waals surface area contributed by atoms with Crippen LogP contribution in [-0.4, -0.2) is 60.8 Å². The summed E-state index contributed by atoms with van der Waals surface area (Å²) in [5, 5.41) is 3.01. The fourth-order valence-electron chi connectivity index (χ4n) is 3.11. The molecule has 2 aliphatic rings. The fourth-order valence-corrected chi connectivity index (χ4v) is 3.11. The molecule has 0 spiro atoms. The lowest BCUT2D eigenvalue weighted by atomic mass is 10.1. The molecule has 0 radical (unpaired) electrons. The van der Waals surface area contributed by atoms with Crippen molar-refractivity contribution in [1.29, 1.82) is 0 Å². The van der Waals surface area contributed by atoms with Crippen molar-refractivity contribution in [1.82, 2.24) is 9.80 Å². The summed E-state index contributed by atoms with van der Waals surface area (Å²) in [6, 6.07) is 7.84. The molecule has 5 heteroatoms. The van der Waals surface area contributed by atoms with E-state index in [1.165, 1.54) is 0 Å². The van der Waals surface area contributed by atoms with Crippen LogP contribution in [0.4, 0.5) is 10.5 Å². The molecule has 21 heavy (non-hydrogen) atoms. The van der Waals surface area contributed by atoms with Crippen molar-refractivity contribution < 1.29 is 9.53 Å². The minimum Gasteiger partial charge on any atom is -0.369 e. The summed E-state index contributed by atoms with van der Waals surface area (Å²) in [4.78, 5) is 16.7. The number of carbonyl (C=O) groups excluding carboxylic acids is 1. The molecule has 1 N–H and O–H groups in total. The first-order valence-corrected chi connectivity index (χ1v) is 7.65. The molecule has 2 heterocycles. The number of hydrogen-bond donors (Lipinski definition) is 1. The average Bonchev–Trinajstić information content (AvgIpc) is 2.48. The normalized spacial score (nSPS) is 25.7. The van der Waals surface area contributed by atoms with Gasteiger partial charge in [0.05, 0.1) is 12.2 Å². The maximum Gasteiger partial charge on any atom is 0.322 e. The second-order valence-corrected chi connectivity index (χ2v) is 5.88. The molecule has 1 aromatic carbocycles. The van der Waals surface area contributed by atoms with E-state index in [1.54, 1.807) is 0 Å². The molecular formula is C16H23N3O2. The van der Waals surface area contributed by atoms with Gasteiger partial charge >= 0.3 is 6.03 Å². The molecular weight excluding hydrogens is 266 g/mol. The summed E-state index contributed by atoms with van der Waals surface area (Å²) in [6.45, 7) is 8.40. The van der Waals surface area contributed by atoms with Gasteiger partial charge in [-0.25, -0.2) is 4.79 Å². The number of ether oxygens (including phenoxy) is 1. The third kappa shape index (κ3) is 3.19. The van der Waals surface area contributed by atoms with Crippen LogP contribution in [0.2, 0.25) is 0 Å². The van der Waals surface area contributed by atoms with E-state index in [-0.39, 0.29) is 18.2 Å². The van der Waals surface area contributed by atoms with E-state index in [2.05, 4.69) is 17.1 Å². The standard InChI is InChI=1S/C16H23N3O2/c1-3-18-8-13-10-19(11-14(9-18)21-13)16(20)17-15-7-5-4-6-12(15)2/h4-7,13-14H,3,8-11H2,1-2H3,(H,17,20). The summed E-state index contributed by atoms with van der Waals surface area (Å²) in [6.07, 6.45) is 0.278. The Morgan fingerprint density at radius 2 is 1.90 bits per heavy atom. The Morgan fingerprint density at radius 3 is 2.52 bits per heavy atom. The predicted molar refractivity (Wildman–Crippen MR) is 82.5 cm³/mol. The van der Waals surface area contributed by atoms with Gasteiger partial charge in [-0.1, -0.05) is 25.1 Å². The van der Waals surface area contributed by atoms with Gasteiger partial charge < -0.3 is 15.0 Å². The Balaban J connectivity index is 1.63. The van der Waals surface area contributed by atoms with E-state index >= 15 is 0 Å². The zero-order chi connectivity index (χ0) is 14.8. The van der Waals surface area contributed by atoms with Crippen LogP contribution >= 0.6 is 0 Å². The number of aryl methyl sites for hydroxylation is 1. The van der Waals surface area contributed by atoms with Crippen LogP contribution in [0, 0.1) is 6.92 Å². The quantitative estimate of drug-likeness (QED) is 0.905. The lowest BCUT2D eigenvalue weighted by Gasteiger charge is -2.45. The molecule has 2 atom stereocenters. The topological polar surface area (TPSA) is 44.8 Å². The molecule has 2 aliphatic heterocycles. The van der Waals surface area contributed by atoms with E-state index in [4.69, 9.17) is 4.74 Å². The van der Waals surface area contributed by atoms with Gasteiger partial charge in [-0.15, -0.1) is 0 Å². The average molecular weight is 289 g/mol. The maximum absolute atomic E-state index is 12.4. The van der Waals surface area contributed by atoms with Crippen molar-refractivity contribution in [2.24, 2.45) is 0 Å². The molecule has 2 saturated heterocycles. The number of likely N-dealkylation sites (N-methyl/N-ethyl adjacent to an activating group) is 1. The molecule has 0 aliphatic carbocycles. The second-order valence-electron chi connectivity index (χ2n) is 5.88. The van der Waals surface area contributed by atoms with E-state index < -0.39 is 0 Å². The number of benzene rings is 1. The fraction of sp³-hybridized carbons (Fsp3) is 0.562. The van der Waals surface area contributed by atoms with Crippen LogP contribution in [-0.2, 0) is 4.74 Å². The number of nitrogens with zero attached hydrogens (tertiary/aromatic N) is 2. The highest BCUT2D eigenvalue weighted by atomic mass is 16.5. The van der Waals surface area contributed by atoms with Crippen molar-refractivity contribution >= 4 is 11.7 Å². The van der Waals surface area contributed by atoms with Crippen molar-refractivity contribution in [3.8, 4) is 0 Å². The molecule has 2 bridgehead atoms. The van der Waals surface area contributed by atoms with Gasteiger partial charge in [0.15, 0.2) is 0 Å². The molecule has 0 aromatic heterocycles. The number of hydrogen-bond acceptors (Lipinski definition) is 3. The first kappa shape index (κ1) is 14.4. The SMILES string of the molecule is CCN1CC2CN(C(=O)Nc3ccccc3C)CC(C1)O2. The number of carbonyl (C=O) groups is 1. The first-order chi connectivity index (χ1) is 10.2. The third-order valence-corrected chi connectivity index (χ3v) is 4.28. The summed E-state index contributed by atoms with van der Waals surface area (Å²) in [7, 11) is 0. The number of para-hydroxylation sites is 1. The largest absolute Gasteiger partial charge is 0.369 e. The highest BCUT2D eigenvalue weighted by Crippen LogP contribution is 2.20. The molecule has 2 unspecified atom stereocenters. The van der Waals surface area contributed by atoms with Crippen LogP contribution in [0.3, 0.4) is 0 Å². The van der Waals surface area contributed by atoms with Crippen molar-refractivity contribution in [2.45, 2.75) is 26.1 Å². The van der Waals surface area contributed by atoms with Gasteiger partial charge in [-0.2, -0.15) is 0 Å². The Labute approximate surface area is 125 Å². The van der Waals surface area contributed by atoms with Crippen LogP contribution in [0.15, 0.2) is 24.3 Å². The molecule has 1 aromatic rings. The molecule has 2 amide bonds. The van der Waals surface area contributed by atoms with Crippen LogP contribution in [0.5, 0.6) is 0 Å². The van der Waals surface area contributed by atoms with Crippen LogP contribution < -0.4 is 5.32 Å². The van der Waals surface area contributed by atoms with Gasteiger partial charge in [0.1, 0.15) is 0 Å². The smallest absolute Gasteiger partial charge is 0.322 e. The van der Waals surface area contributed by atoms with Gasteiger partial charge in [0.2, 0.25) is 0 Å². The maximum atomic E-state index is 12.4. The van der Waals surface area contributed by atoms with E-state index in [9.17, 15) is 4.79 Å². The second kappa shape index (κ2) is 6.03. The summed E-state index contributed by atoms with van der Waals surface area (Å²) in [5.74, 6) is 0. The van der Waals surface area contributed by atoms with Gasteiger partial charge in [-0.3, -0.25) is 4.90 Å². The van der Waals surface area contributed by atoms with E-state index in [0.717, 1.165) is 30.9 Å². The lowest BCUT2D eigenvalue weighted by molar-refractivity contribution is -0.126. The Bertz CT molecular complexity index is 506. The number of morpholine rings is 2. The minimum atomic E-state index is -0.0208. The minimum absolute atomic E-state index is 0.0208. The van der Waals surface area contributed by atoms with Gasteiger partial charge in [-0.05, 0) is 25.1 Å². The monoisotopic (exact) mass is 289 g/mol. The molecule has 2 fully saturated rings. The highest BCUT2D eigenvalue weighted by molar-refractivity contribution is 5.90. The first-order valence-electron chi connectivity index (χ1n) is 7.65. The van der Waals surface area contributed by atoms with Gasteiger partial charge in [0.25, 0.3) is 0 Å². The van der Waals surface area contributed by atoms with Crippen molar-refractivity contribution in [3.05, 3.63) is 29.8 Å². The highest BCUT2D eigenvalue weighted by Gasteiger charge is 2.36. The number of rotatable bonds is 2. The Kier molecular flexibility index (Phi) is 4.12. The number of fused-ring (bicyclic) bond motifs is 2. The Hall–Kier alpha value is -1.59. The number of anilines is 1. The zero-order valence-corrected chi connectivity index (χ0v) is 12.7. The number of urea groups is 1. The number of amides is 2. The lowest BCUT2D eigenvalue weighted by Crippen LogP contribution is -2.61. The van der Waals surface area contributed by atoms with Crippen molar-refractivity contribution in [2.75, 3.05) is 38.0 Å². The molecule has 0 saturated carbocycles. The summed E-state index contributed by atoms with van der Waals surface area (Å²) in [5.41, 5.74) is 1.96. The third-order valence-electron chi connectivity index (χ3n) is 4.28. The van der Waals surface area contributed by atoms with E-state index in [1.807, 2.05) is 36.1 Å². The van der Waals surface area contributed by atoms with Crippen molar-refractivity contribution in [3.63, 3.8) is 0 Å². The van der Waals surface area contributed by atoms with E-state index in [0.29, 0.717) is 13.1 Å². The number of nitrogens with one attached hydrogen (secondary N) is 1. The summed E-state index contributed by atoms with van der Waals surface area (Å²) >= 11 is 0. The Morgan fingerprint density at radius 1 is 1.24 bits per heavy atom. The molecule has 3 rings (SSSR count). The molecule has 5 nitrogen and oxygen atoms in total. The van der Waals surface area contributed by atoms with Crippen LogP contribution in [0.25, 0.3) is 0 Å².